The fraction of sp³-hybridized carbons (Fsp3) is 0.538. The van der Waals surface area contributed by atoms with Crippen LogP contribution in [0.1, 0.15) is 25.5 Å². The molecule has 0 aliphatic carbocycles. The molecule has 0 unspecified atom stereocenters. The predicted molar refractivity (Wildman–Crippen MR) is 65.5 cm³/mol. The number of furan rings is 1. The van der Waals surface area contributed by atoms with Crippen LogP contribution in [0.2, 0.25) is 0 Å². The minimum absolute atomic E-state index is 0.0710. The second-order valence-corrected chi connectivity index (χ2v) is 4.54. The summed E-state index contributed by atoms with van der Waals surface area (Å²) in [6.07, 6.45) is 2.82. The maximum atomic E-state index is 11.9. The first-order valence-electron chi connectivity index (χ1n) is 6.28. The lowest BCUT2D eigenvalue weighted by molar-refractivity contribution is -0.129. The van der Waals surface area contributed by atoms with E-state index in [-0.39, 0.29) is 17.7 Å². The van der Waals surface area contributed by atoms with Crippen LogP contribution in [-0.2, 0) is 16.1 Å². The van der Waals surface area contributed by atoms with Crippen molar-refractivity contribution in [2.24, 2.45) is 5.92 Å². The molecule has 1 aliphatic heterocycles. The summed E-state index contributed by atoms with van der Waals surface area (Å²) in [4.78, 5) is 25.3. The summed E-state index contributed by atoms with van der Waals surface area (Å²) >= 11 is 0. The van der Waals surface area contributed by atoms with Gasteiger partial charge in [0.2, 0.25) is 11.8 Å². The third-order valence-corrected chi connectivity index (χ3v) is 3.10. The first-order chi connectivity index (χ1) is 8.70. The number of nitrogens with zero attached hydrogens (tertiary/aromatic N) is 1. The molecule has 98 valence electrons. The van der Waals surface area contributed by atoms with Crippen LogP contribution in [0, 0.1) is 5.92 Å². The van der Waals surface area contributed by atoms with Crippen molar-refractivity contribution in [1.82, 2.24) is 10.2 Å². The molecule has 5 nitrogen and oxygen atoms in total. The van der Waals surface area contributed by atoms with Gasteiger partial charge in [0.15, 0.2) is 0 Å². The van der Waals surface area contributed by atoms with Crippen molar-refractivity contribution >= 4 is 11.8 Å². The Morgan fingerprint density at radius 2 is 2.44 bits per heavy atom. The number of rotatable bonds is 5. The standard InChI is InChI=1S/C13H18N2O3/c1-2-5-15-9-10(7-12(15)16)13(17)14-8-11-4-3-6-18-11/h3-4,6,10H,2,5,7-9H2,1H3,(H,14,17)/t10-/m0/s1. The zero-order valence-corrected chi connectivity index (χ0v) is 10.5. The van der Waals surface area contributed by atoms with E-state index in [1.165, 1.54) is 0 Å². The smallest absolute Gasteiger partial charge is 0.225 e. The lowest BCUT2D eigenvalue weighted by Gasteiger charge is -2.14. The quantitative estimate of drug-likeness (QED) is 0.852. The Kier molecular flexibility index (Phi) is 4.02. The molecule has 0 saturated carbocycles. The molecular formula is C13H18N2O3. The zero-order valence-electron chi connectivity index (χ0n) is 10.5. The van der Waals surface area contributed by atoms with E-state index in [4.69, 9.17) is 4.42 Å². The van der Waals surface area contributed by atoms with Crippen molar-refractivity contribution in [3.05, 3.63) is 24.2 Å². The second-order valence-electron chi connectivity index (χ2n) is 4.54. The summed E-state index contributed by atoms with van der Waals surface area (Å²) in [7, 11) is 0. The molecule has 1 atom stereocenters. The molecule has 1 saturated heterocycles. The topological polar surface area (TPSA) is 62.6 Å². The number of hydrogen-bond acceptors (Lipinski definition) is 3. The van der Waals surface area contributed by atoms with Crippen LogP contribution in [0.4, 0.5) is 0 Å². The maximum absolute atomic E-state index is 11.9. The van der Waals surface area contributed by atoms with Gasteiger partial charge in [0.1, 0.15) is 5.76 Å². The third kappa shape index (κ3) is 2.91. The fourth-order valence-electron chi connectivity index (χ4n) is 2.17. The van der Waals surface area contributed by atoms with Crippen LogP contribution in [0.5, 0.6) is 0 Å². The van der Waals surface area contributed by atoms with Gasteiger partial charge in [-0.25, -0.2) is 0 Å². The van der Waals surface area contributed by atoms with Gasteiger partial charge in [-0.3, -0.25) is 9.59 Å². The van der Waals surface area contributed by atoms with Crippen LogP contribution in [0.15, 0.2) is 22.8 Å². The highest BCUT2D eigenvalue weighted by atomic mass is 16.3. The molecule has 2 heterocycles. The Bertz CT molecular complexity index is 414. The zero-order chi connectivity index (χ0) is 13.0. The first-order valence-corrected chi connectivity index (χ1v) is 6.28. The van der Waals surface area contributed by atoms with E-state index in [2.05, 4.69) is 5.32 Å². The molecular weight excluding hydrogens is 232 g/mol. The SMILES string of the molecule is CCCN1C[C@@H](C(=O)NCc2ccco2)CC1=O. The Morgan fingerprint density at radius 3 is 3.11 bits per heavy atom. The van der Waals surface area contributed by atoms with E-state index in [1.54, 1.807) is 17.2 Å². The van der Waals surface area contributed by atoms with Gasteiger partial charge in [-0.05, 0) is 18.6 Å². The molecule has 1 aliphatic rings. The van der Waals surface area contributed by atoms with Gasteiger partial charge in [-0.15, -0.1) is 0 Å². The van der Waals surface area contributed by atoms with Crippen molar-refractivity contribution in [2.75, 3.05) is 13.1 Å². The largest absolute Gasteiger partial charge is 0.467 e. The van der Waals surface area contributed by atoms with Gasteiger partial charge < -0.3 is 14.6 Å². The minimum atomic E-state index is -0.223. The molecule has 18 heavy (non-hydrogen) atoms. The number of carbonyl (C=O) groups excluding carboxylic acids is 2. The van der Waals surface area contributed by atoms with Crippen LogP contribution in [0.3, 0.4) is 0 Å². The molecule has 0 bridgehead atoms. The molecule has 1 fully saturated rings. The highest BCUT2D eigenvalue weighted by Gasteiger charge is 2.33. The molecule has 5 heteroatoms. The second kappa shape index (κ2) is 5.71. The fourth-order valence-corrected chi connectivity index (χ4v) is 2.17. The first kappa shape index (κ1) is 12.7. The summed E-state index contributed by atoms with van der Waals surface area (Å²) in [5.74, 6) is 0.505. The average Bonchev–Trinajstić information content (AvgIpc) is 2.97. The van der Waals surface area contributed by atoms with E-state index in [9.17, 15) is 9.59 Å². The van der Waals surface area contributed by atoms with E-state index >= 15 is 0 Å². The molecule has 0 aromatic carbocycles. The van der Waals surface area contributed by atoms with Crippen molar-refractivity contribution in [3.63, 3.8) is 0 Å². The Morgan fingerprint density at radius 1 is 1.61 bits per heavy atom. The third-order valence-electron chi connectivity index (χ3n) is 3.10. The van der Waals surface area contributed by atoms with Gasteiger partial charge in [-0.1, -0.05) is 6.92 Å². The van der Waals surface area contributed by atoms with Gasteiger partial charge in [0, 0.05) is 19.5 Å². The number of amides is 2. The minimum Gasteiger partial charge on any atom is -0.467 e. The lowest BCUT2D eigenvalue weighted by Crippen LogP contribution is -2.32. The van der Waals surface area contributed by atoms with Crippen molar-refractivity contribution < 1.29 is 14.0 Å². The van der Waals surface area contributed by atoms with Gasteiger partial charge in [0.05, 0.1) is 18.7 Å². The van der Waals surface area contributed by atoms with Crippen LogP contribution >= 0.6 is 0 Å². The molecule has 0 spiro atoms. The molecule has 2 rings (SSSR count). The van der Waals surface area contributed by atoms with E-state index in [0.717, 1.165) is 18.7 Å². The highest BCUT2D eigenvalue weighted by Crippen LogP contribution is 2.18. The normalized spacial score (nSPS) is 19.3. The monoisotopic (exact) mass is 250 g/mol. The van der Waals surface area contributed by atoms with Crippen LogP contribution in [-0.4, -0.2) is 29.8 Å². The molecule has 1 N–H and O–H groups in total. The maximum Gasteiger partial charge on any atom is 0.225 e. The summed E-state index contributed by atoms with van der Waals surface area (Å²) in [6.45, 7) is 3.68. The lowest BCUT2D eigenvalue weighted by atomic mass is 10.1. The van der Waals surface area contributed by atoms with Gasteiger partial charge in [-0.2, -0.15) is 0 Å². The van der Waals surface area contributed by atoms with Crippen LogP contribution in [0.25, 0.3) is 0 Å². The highest BCUT2D eigenvalue weighted by molar-refractivity contribution is 5.89. The Balaban J connectivity index is 1.81. The molecule has 1 aromatic rings. The number of likely N-dealkylation sites (tertiary alicyclic amines) is 1. The van der Waals surface area contributed by atoms with E-state index < -0.39 is 0 Å². The van der Waals surface area contributed by atoms with Gasteiger partial charge >= 0.3 is 0 Å². The molecule has 2 amide bonds. The van der Waals surface area contributed by atoms with Crippen molar-refractivity contribution in [1.29, 1.82) is 0 Å². The van der Waals surface area contributed by atoms with E-state index in [1.807, 2.05) is 13.0 Å². The Hall–Kier alpha value is -1.78. The Labute approximate surface area is 106 Å². The predicted octanol–water partition coefficient (Wildman–Crippen LogP) is 1.15. The van der Waals surface area contributed by atoms with Crippen molar-refractivity contribution in [3.8, 4) is 0 Å². The van der Waals surface area contributed by atoms with E-state index in [0.29, 0.717) is 19.5 Å². The van der Waals surface area contributed by atoms with Gasteiger partial charge in [0.25, 0.3) is 0 Å². The molecule has 1 aromatic heterocycles. The van der Waals surface area contributed by atoms with Crippen molar-refractivity contribution in [2.45, 2.75) is 26.3 Å². The summed E-state index contributed by atoms with van der Waals surface area (Å²) < 4.78 is 5.14. The average molecular weight is 250 g/mol. The number of hydrogen-bond donors (Lipinski definition) is 1. The number of nitrogens with one attached hydrogen (secondary N) is 1. The number of carbonyl (C=O) groups is 2. The van der Waals surface area contributed by atoms with Crippen LogP contribution < -0.4 is 5.32 Å². The molecule has 0 radical (unpaired) electrons. The summed E-state index contributed by atoms with van der Waals surface area (Å²) in [5.41, 5.74) is 0. The summed E-state index contributed by atoms with van der Waals surface area (Å²) in [6, 6.07) is 3.59. The summed E-state index contributed by atoms with van der Waals surface area (Å²) in [5, 5.41) is 2.80.